The highest BCUT2D eigenvalue weighted by molar-refractivity contribution is 9.10. The lowest BCUT2D eigenvalue weighted by atomic mass is 10.1. The van der Waals surface area contributed by atoms with Crippen molar-refractivity contribution in [3.8, 4) is 0 Å². The van der Waals surface area contributed by atoms with Crippen molar-refractivity contribution in [2.75, 3.05) is 6.61 Å². The predicted octanol–water partition coefficient (Wildman–Crippen LogP) is 1.63. The topological polar surface area (TPSA) is 48.1 Å². The molecular formula is C9H11BrN2O. The summed E-state index contributed by atoms with van der Waals surface area (Å²) >= 11 is 3.37. The lowest BCUT2D eigenvalue weighted by Gasteiger charge is -2.14. The van der Waals surface area contributed by atoms with Crippen LogP contribution in [0.15, 0.2) is 22.9 Å². The molecule has 2 atom stereocenters. The molecule has 0 aromatic carbocycles. The quantitative estimate of drug-likeness (QED) is 0.815. The maximum atomic E-state index is 5.89. The summed E-state index contributed by atoms with van der Waals surface area (Å²) in [4.78, 5) is 4.08. The number of halogens is 1. The Hall–Kier alpha value is -0.450. The molecule has 1 aliphatic rings. The summed E-state index contributed by atoms with van der Waals surface area (Å²) in [6.07, 6.45) is 4.51. The second kappa shape index (κ2) is 3.74. The molecule has 0 radical (unpaired) electrons. The van der Waals surface area contributed by atoms with E-state index in [1.165, 1.54) is 0 Å². The number of aromatic nitrogens is 1. The largest absolute Gasteiger partial charge is 0.372 e. The van der Waals surface area contributed by atoms with Gasteiger partial charge in [0.05, 0.1) is 6.10 Å². The maximum absolute atomic E-state index is 5.89. The van der Waals surface area contributed by atoms with Gasteiger partial charge in [-0.1, -0.05) is 0 Å². The van der Waals surface area contributed by atoms with Crippen molar-refractivity contribution in [1.29, 1.82) is 0 Å². The summed E-state index contributed by atoms with van der Waals surface area (Å²) in [5, 5.41) is 0. The van der Waals surface area contributed by atoms with Crippen LogP contribution in [-0.2, 0) is 4.74 Å². The fourth-order valence-corrected chi connectivity index (χ4v) is 1.92. The molecule has 13 heavy (non-hydrogen) atoms. The van der Waals surface area contributed by atoms with Crippen molar-refractivity contribution in [3.63, 3.8) is 0 Å². The molecule has 70 valence electrons. The fourth-order valence-electron chi connectivity index (χ4n) is 1.53. The van der Waals surface area contributed by atoms with Crippen LogP contribution in [0, 0.1) is 0 Å². The van der Waals surface area contributed by atoms with Crippen LogP contribution in [0.1, 0.15) is 18.1 Å². The van der Waals surface area contributed by atoms with E-state index in [4.69, 9.17) is 10.5 Å². The van der Waals surface area contributed by atoms with Gasteiger partial charge in [0.2, 0.25) is 0 Å². The normalized spacial score (nSPS) is 27.8. The maximum Gasteiger partial charge on any atom is 0.0991 e. The number of nitrogens with zero attached hydrogens (tertiary/aromatic N) is 1. The molecule has 2 rings (SSSR count). The Morgan fingerprint density at radius 3 is 3.00 bits per heavy atom. The first-order valence-corrected chi connectivity index (χ1v) is 5.04. The molecule has 1 aromatic heterocycles. The van der Waals surface area contributed by atoms with Gasteiger partial charge in [0.1, 0.15) is 0 Å². The van der Waals surface area contributed by atoms with Crippen molar-refractivity contribution in [2.45, 2.75) is 18.6 Å². The third-order valence-corrected chi connectivity index (χ3v) is 2.63. The molecular weight excluding hydrogens is 232 g/mol. The zero-order valence-corrected chi connectivity index (χ0v) is 8.70. The van der Waals surface area contributed by atoms with Gasteiger partial charge in [-0.15, -0.1) is 0 Å². The second-order valence-corrected chi connectivity index (χ2v) is 4.10. The first kappa shape index (κ1) is 9.12. The molecule has 0 amide bonds. The minimum atomic E-state index is 0.0185. The zero-order chi connectivity index (χ0) is 9.26. The Bertz CT molecular complexity index is 305. The molecule has 0 spiro atoms. The Morgan fingerprint density at radius 2 is 2.38 bits per heavy atom. The van der Waals surface area contributed by atoms with Gasteiger partial charge >= 0.3 is 0 Å². The molecule has 1 fully saturated rings. The Balaban J connectivity index is 2.24. The van der Waals surface area contributed by atoms with Gasteiger partial charge in [0.15, 0.2) is 0 Å². The smallest absolute Gasteiger partial charge is 0.0991 e. The van der Waals surface area contributed by atoms with Crippen LogP contribution >= 0.6 is 15.9 Å². The molecule has 4 heteroatoms. The van der Waals surface area contributed by atoms with E-state index in [1.807, 2.05) is 6.07 Å². The highest BCUT2D eigenvalue weighted by atomic mass is 79.9. The summed E-state index contributed by atoms with van der Waals surface area (Å²) in [7, 11) is 0. The summed E-state index contributed by atoms with van der Waals surface area (Å²) < 4.78 is 6.49. The van der Waals surface area contributed by atoms with Crippen molar-refractivity contribution in [3.05, 3.63) is 28.5 Å². The van der Waals surface area contributed by atoms with Gasteiger partial charge in [-0.3, -0.25) is 4.98 Å². The van der Waals surface area contributed by atoms with E-state index >= 15 is 0 Å². The highest BCUT2D eigenvalue weighted by Crippen LogP contribution is 2.28. The van der Waals surface area contributed by atoms with E-state index in [1.54, 1.807) is 12.4 Å². The van der Waals surface area contributed by atoms with E-state index in [2.05, 4.69) is 20.9 Å². The molecule has 1 aromatic rings. The SMILES string of the molecule is NC1CCOC1c1cncc(Br)c1. The minimum Gasteiger partial charge on any atom is -0.372 e. The van der Waals surface area contributed by atoms with Crippen LogP contribution in [0.5, 0.6) is 0 Å². The molecule has 1 saturated heterocycles. The summed E-state index contributed by atoms with van der Waals surface area (Å²) in [5.74, 6) is 0. The average molecular weight is 243 g/mol. The van der Waals surface area contributed by atoms with Crippen molar-refractivity contribution < 1.29 is 4.74 Å². The van der Waals surface area contributed by atoms with Gasteiger partial charge in [0.25, 0.3) is 0 Å². The lowest BCUT2D eigenvalue weighted by molar-refractivity contribution is 0.105. The van der Waals surface area contributed by atoms with Crippen molar-refractivity contribution in [2.24, 2.45) is 5.73 Å². The number of pyridine rings is 1. The minimum absolute atomic E-state index is 0.0185. The van der Waals surface area contributed by atoms with E-state index in [9.17, 15) is 0 Å². The lowest BCUT2D eigenvalue weighted by Crippen LogP contribution is -2.23. The second-order valence-electron chi connectivity index (χ2n) is 3.18. The van der Waals surface area contributed by atoms with Crippen LogP contribution in [0.4, 0.5) is 0 Å². The molecule has 1 aliphatic heterocycles. The van der Waals surface area contributed by atoms with Crippen molar-refractivity contribution >= 4 is 15.9 Å². The average Bonchev–Trinajstić information content (AvgIpc) is 2.51. The number of ether oxygens (including phenoxy) is 1. The zero-order valence-electron chi connectivity index (χ0n) is 7.11. The summed E-state index contributed by atoms with van der Waals surface area (Å²) in [6, 6.07) is 2.11. The fraction of sp³-hybridized carbons (Fsp3) is 0.444. The van der Waals surface area contributed by atoms with E-state index < -0.39 is 0 Å². The van der Waals surface area contributed by atoms with Crippen molar-refractivity contribution in [1.82, 2.24) is 4.98 Å². The van der Waals surface area contributed by atoms with E-state index in [-0.39, 0.29) is 12.1 Å². The molecule has 0 aliphatic carbocycles. The summed E-state index contributed by atoms with van der Waals surface area (Å²) in [6.45, 7) is 0.748. The third kappa shape index (κ3) is 1.90. The van der Waals surface area contributed by atoms with Gasteiger partial charge in [0, 0.05) is 35.1 Å². The van der Waals surface area contributed by atoms with Crippen LogP contribution in [0.25, 0.3) is 0 Å². The van der Waals surface area contributed by atoms with Crippen LogP contribution in [0.3, 0.4) is 0 Å². The Labute approximate surface area is 85.4 Å². The van der Waals surface area contributed by atoms with Gasteiger partial charge in [-0.2, -0.15) is 0 Å². The Morgan fingerprint density at radius 1 is 1.54 bits per heavy atom. The van der Waals surface area contributed by atoms with Crippen LogP contribution in [-0.4, -0.2) is 17.6 Å². The molecule has 2 unspecified atom stereocenters. The Kier molecular flexibility index (Phi) is 2.62. The van der Waals surface area contributed by atoms with Gasteiger partial charge < -0.3 is 10.5 Å². The highest BCUT2D eigenvalue weighted by Gasteiger charge is 2.26. The number of rotatable bonds is 1. The predicted molar refractivity (Wildman–Crippen MR) is 53.2 cm³/mol. The number of hydrogen-bond acceptors (Lipinski definition) is 3. The van der Waals surface area contributed by atoms with Gasteiger partial charge in [-0.25, -0.2) is 0 Å². The molecule has 3 nitrogen and oxygen atoms in total. The third-order valence-electron chi connectivity index (χ3n) is 2.19. The first-order chi connectivity index (χ1) is 6.27. The van der Waals surface area contributed by atoms with Crippen LogP contribution in [0.2, 0.25) is 0 Å². The number of nitrogens with two attached hydrogens (primary N) is 1. The summed E-state index contributed by atoms with van der Waals surface area (Å²) in [5.41, 5.74) is 6.95. The molecule has 0 saturated carbocycles. The first-order valence-electron chi connectivity index (χ1n) is 4.25. The van der Waals surface area contributed by atoms with Gasteiger partial charge in [-0.05, 0) is 28.4 Å². The molecule has 2 heterocycles. The number of hydrogen-bond donors (Lipinski definition) is 1. The molecule has 2 N–H and O–H groups in total. The van der Waals surface area contributed by atoms with E-state index in [0.717, 1.165) is 23.1 Å². The van der Waals surface area contributed by atoms with E-state index in [0.29, 0.717) is 0 Å². The molecule has 0 bridgehead atoms. The van der Waals surface area contributed by atoms with Crippen LogP contribution < -0.4 is 5.73 Å². The monoisotopic (exact) mass is 242 g/mol. The standard InChI is InChI=1S/C9H11BrN2O/c10-7-3-6(4-12-5-7)9-8(11)1-2-13-9/h3-5,8-9H,1-2,11H2.